The Morgan fingerprint density at radius 2 is 2.07 bits per heavy atom. The molecule has 0 aliphatic heterocycles. The molecule has 0 saturated heterocycles. The average Bonchev–Trinajstić information content (AvgIpc) is 2.69. The zero-order valence-corrected chi connectivity index (χ0v) is 7.99. The van der Waals surface area contributed by atoms with Crippen LogP contribution in [-0.2, 0) is 0 Å². The highest BCUT2D eigenvalue weighted by Crippen LogP contribution is 2.24. The number of carbonyl (C=O) groups excluding carboxylic acids is 1. The van der Waals surface area contributed by atoms with Crippen molar-refractivity contribution in [1.82, 2.24) is 0 Å². The van der Waals surface area contributed by atoms with Crippen LogP contribution in [0.1, 0.15) is 10.4 Å². The van der Waals surface area contributed by atoms with E-state index in [4.69, 9.17) is 16.0 Å². The molecule has 1 heterocycles. The molecule has 2 aromatic rings. The van der Waals surface area contributed by atoms with Crippen molar-refractivity contribution in [3.63, 3.8) is 0 Å². The molecule has 2 nitrogen and oxygen atoms in total. The van der Waals surface area contributed by atoms with Crippen molar-refractivity contribution in [2.24, 2.45) is 0 Å². The van der Waals surface area contributed by atoms with Gasteiger partial charge in [0.15, 0.2) is 0 Å². The Kier molecular flexibility index (Phi) is 2.37. The fourth-order valence-electron chi connectivity index (χ4n) is 1.28. The van der Waals surface area contributed by atoms with Crippen LogP contribution in [0.5, 0.6) is 0 Å². The van der Waals surface area contributed by atoms with E-state index < -0.39 is 0 Å². The number of carbonyl (C=O) groups is 1. The van der Waals surface area contributed by atoms with Crippen LogP contribution < -0.4 is 0 Å². The number of aldehydes is 1. The van der Waals surface area contributed by atoms with Gasteiger partial charge in [0.25, 0.3) is 0 Å². The first-order valence-electron chi connectivity index (χ1n) is 4.08. The Morgan fingerprint density at radius 1 is 1.21 bits per heavy atom. The lowest BCUT2D eigenvalue weighted by atomic mass is 10.1. The first-order valence-corrected chi connectivity index (χ1v) is 4.46. The third-order valence-electron chi connectivity index (χ3n) is 1.91. The summed E-state index contributed by atoms with van der Waals surface area (Å²) in [5.41, 5.74) is 2.36. The van der Waals surface area contributed by atoms with E-state index in [9.17, 15) is 4.79 Å². The third-order valence-corrected chi connectivity index (χ3v) is 2.13. The quantitative estimate of drug-likeness (QED) is 0.705. The Labute approximate surface area is 86.1 Å². The SMILES string of the molecule is O=Cc1cc(Cl)cc(-c2ccoc2)c1. The lowest BCUT2D eigenvalue weighted by molar-refractivity contribution is 0.112. The van der Waals surface area contributed by atoms with Crippen LogP contribution >= 0.6 is 11.6 Å². The monoisotopic (exact) mass is 206 g/mol. The molecule has 0 N–H and O–H groups in total. The maximum atomic E-state index is 10.6. The van der Waals surface area contributed by atoms with Crippen LogP contribution in [0.3, 0.4) is 0 Å². The van der Waals surface area contributed by atoms with E-state index in [2.05, 4.69) is 0 Å². The van der Waals surface area contributed by atoms with Crippen LogP contribution in [0.25, 0.3) is 11.1 Å². The van der Waals surface area contributed by atoms with Crippen LogP contribution in [0.4, 0.5) is 0 Å². The highest BCUT2D eigenvalue weighted by Gasteiger charge is 2.02. The van der Waals surface area contributed by atoms with Crippen LogP contribution in [0.2, 0.25) is 5.02 Å². The van der Waals surface area contributed by atoms with E-state index in [1.165, 1.54) is 0 Å². The highest BCUT2D eigenvalue weighted by atomic mass is 35.5. The van der Waals surface area contributed by atoms with Gasteiger partial charge in [-0.25, -0.2) is 0 Å². The van der Waals surface area contributed by atoms with E-state index in [0.29, 0.717) is 10.6 Å². The first-order chi connectivity index (χ1) is 6.79. The minimum atomic E-state index is 0.547. The van der Waals surface area contributed by atoms with Gasteiger partial charge in [0.2, 0.25) is 0 Å². The van der Waals surface area contributed by atoms with Gasteiger partial charge in [-0.05, 0) is 29.8 Å². The number of hydrogen-bond acceptors (Lipinski definition) is 2. The standard InChI is InChI=1S/C11H7ClO2/c12-11-4-8(6-13)3-10(5-11)9-1-2-14-7-9/h1-7H. The zero-order chi connectivity index (χ0) is 9.97. The number of hydrogen-bond donors (Lipinski definition) is 0. The van der Waals surface area contributed by atoms with Crippen molar-refractivity contribution < 1.29 is 9.21 Å². The molecule has 0 atom stereocenters. The molecule has 1 aromatic carbocycles. The van der Waals surface area contributed by atoms with E-state index in [0.717, 1.165) is 17.4 Å². The second-order valence-electron chi connectivity index (χ2n) is 2.90. The molecule has 3 heteroatoms. The highest BCUT2D eigenvalue weighted by molar-refractivity contribution is 6.31. The second-order valence-corrected chi connectivity index (χ2v) is 3.34. The van der Waals surface area contributed by atoms with Crippen LogP contribution in [-0.4, -0.2) is 6.29 Å². The summed E-state index contributed by atoms with van der Waals surface area (Å²) < 4.78 is 4.95. The lowest BCUT2D eigenvalue weighted by Gasteiger charge is -1.99. The summed E-state index contributed by atoms with van der Waals surface area (Å²) in [6.45, 7) is 0. The van der Waals surface area contributed by atoms with E-state index in [-0.39, 0.29) is 0 Å². The molecule has 1 aromatic heterocycles. The topological polar surface area (TPSA) is 30.2 Å². The molecule has 14 heavy (non-hydrogen) atoms. The van der Waals surface area contributed by atoms with Crippen molar-refractivity contribution in [1.29, 1.82) is 0 Å². The Hall–Kier alpha value is -1.54. The number of benzene rings is 1. The van der Waals surface area contributed by atoms with Gasteiger partial charge in [0.1, 0.15) is 6.29 Å². The van der Waals surface area contributed by atoms with E-state index in [1.54, 1.807) is 30.7 Å². The average molecular weight is 207 g/mol. The van der Waals surface area contributed by atoms with Crippen molar-refractivity contribution in [3.8, 4) is 11.1 Å². The smallest absolute Gasteiger partial charge is 0.150 e. The Balaban J connectivity index is 2.54. The molecule has 0 aliphatic carbocycles. The molecule has 0 unspecified atom stereocenters. The van der Waals surface area contributed by atoms with E-state index >= 15 is 0 Å². The summed E-state index contributed by atoms with van der Waals surface area (Å²) in [6.07, 6.45) is 3.96. The molecular weight excluding hydrogens is 200 g/mol. The predicted molar refractivity (Wildman–Crippen MR) is 54.5 cm³/mol. The number of furan rings is 1. The fraction of sp³-hybridized carbons (Fsp3) is 0. The second kappa shape index (κ2) is 3.68. The van der Waals surface area contributed by atoms with Crippen LogP contribution in [0.15, 0.2) is 41.2 Å². The molecule has 0 amide bonds. The largest absolute Gasteiger partial charge is 0.472 e. The van der Waals surface area contributed by atoms with Gasteiger partial charge in [-0.15, -0.1) is 0 Å². The molecule has 0 bridgehead atoms. The molecule has 70 valence electrons. The summed E-state index contributed by atoms with van der Waals surface area (Å²) in [4.78, 5) is 10.6. The normalized spacial score (nSPS) is 10.1. The minimum Gasteiger partial charge on any atom is -0.472 e. The van der Waals surface area contributed by atoms with Crippen molar-refractivity contribution >= 4 is 17.9 Å². The summed E-state index contributed by atoms with van der Waals surface area (Å²) in [5, 5.41) is 0.547. The lowest BCUT2D eigenvalue weighted by Crippen LogP contribution is -1.82. The van der Waals surface area contributed by atoms with Crippen molar-refractivity contribution in [3.05, 3.63) is 47.4 Å². The van der Waals surface area contributed by atoms with Gasteiger partial charge in [-0.2, -0.15) is 0 Å². The first kappa shape index (κ1) is 9.03. The molecular formula is C11H7ClO2. The van der Waals surface area contributed by atoms with Gasteiger partial charge in [-0.1, -0.05) is 11.6 Å². The molecule has 0 saturated carbocycles. The maximum absolute atomic E-state index is 10.6. The van der Waals surface area contributed by atoms with Crippen LogP contribution in [0, 0.1) is 0 Å². The number of rotatable bonds is 2. The molecule has 0 fully saturated rings. The zero-order valence-electron chi connectivity index (χ0n) is 7.24. The van der Waals surface area contributed by atoms with E-state index in [1.807, 2.05) is 6.07 Å². The maximum Gasteiger partial charge on any atom is 0.150 e. The van der Waals surface area contributed by atoms with Gasteiger partial charge in [0, 0.05) is 16.1 Å². The Bertz CT molecular complexity index is 446. The molecule has 2 rings (SSSR count). The predicted octanol–water partition coefficient (Wildman–Crippen LogP) is 3.41. The van der Waals surface area contributed by atoms with Crippen molar-refractivity contribution in [2.45, 2.75) is 0 Å². The minimum absolute atomic E-state index is 0.547. The van der Waals surface area contributed by atoms with Gasteiger partial charge >= 0.3 is 0 Å². The number of halogens is 1. The summed E-state index contributed by atoms with van der Waals surface area (Å²) in [6, 6.07) is 7.00. The molecule has 0 aliphatic rings. The fourth-order valence-corrected chi connectivity index (χ4v) is 1.52. The molecule has 0 spiro atoms. The third kappa shape index (κ3) is 1.70. The Morgan fingerprint density at radius 3 is 2.71 bits per heavy atom. The summed E-state index contributed by atoms with van der Waals surface area (Å²) >= 11 is 5.86. The van der Waals surface area contributed by atoms with Crippen molar-refractivity contribution in [2.75, 3.05) is 0 Å². The molecule has 0 radical (unpaired) electrons. The van der Waals surface area contributed by atoms with Gasteiger partial charge in [0.05, 0.1) is 12.5 Å². The van der Waals surface area contributed by atoms with Gasteiger partial charge in [-0.3, -0.25) is 4.79 Å². The summed E-state index contributed by atoms with van der Waals surface area (Å²) in [7, 11) is 0. The summed E-state index contributed by atoms with van der Waals surface area (Å²) in [5.74, 6) is 0. The van der Waals surface area contributed by atoms with Gasteiger partial charge < -0.3 is 4.42 Å².